The highest BCUT2D eigenvalue weighted by atomic mass is 16.2. The van der Waals surface area contributed by atoms with Crippen molar-refractivity contribution in [3.05, 3.63) is 0 Å². The van der Waals surface area contributed by atoms with Gasteiger partial charge in [0.15, 0.2) is 0 Å². The number of rotatable bonds is 0. The van der Waals surface area contributed by atoms with Crippen molar-refractivity contribution in [2.24, 2.45) is 22.7 Å². The average molecular weight is 225 g/mol. The summed E-state index contributed by atoms with van der Waals surface area (Å²) in [6.07, 6.45) is 0. The lowest BCUT2D eigenvalue weighted by Gasteiger charge is -2.35. The molecule has 0 N–H and O–H groups in total. The molecule has 1 aliphatic heterocycles. The third-order valence-corrected chi connectivity index (χ3v) is 3.39. The Kier molecular flexibility index (Phi) is 2.95. The minimum Gasteiger partial charge on any atom is -0.285 e. The first-order valence-corrected chi connectivity index (χ1v) is 5.79. The van der Waals surface area contributed by atoms with Gasteiger partial charge in [-0.3, -0.25) is 14.5 Å². The second-order valence-electron chi connectivity index (χ2n) is 6.92. The molecule has 2 atom stereocenters. The number of carbonyl (C=O) groups excluding carboxylic acids is 2. The second-order valence-corrected chi connectivity index (χ2v) is 6.92. The highest BCUT2D eigenvalue weighted by Gasteiger charge is 2.54. The molecule has 1 fully saturated rings. The van der Waals surface area contributed by atoms with E-state index in [1.54, 1.807) is 7.05 Å². The van der Waals surface area contributed by atoms with Crippen LogP contribution in [-0.2, 0) is 9.59 Å². The average Bonchev–Trinajstić information content (AvgIpc) is 2.27. The molecule has 0 spiro atoms. The second kappa shape index (κ2) is 3.57. The molecular weight excluding hydrogens is 202 g/mol. The van der Waals surface area contributed by atoms with E-state index in [2.05, 4.69) is 0 Å². The molecule has 92 valence electrons. The van der Waals surface area contributed by atoms with Gasteiger partial charge in [0.1, 0.15) is 0 Å². The molecular formula is C13H23NO2. The predicted molar refractivity (Wildman–Crippen MR) is 63.7 cm³/mol. The van der Waals surface area contributed by atoms with Crippen molar-refractivity contribution in [1.29, 1.82) is 0 Å². The Bertz CT molecular complexity index is 288. The van der Waals surface area contributed by atoms with Gasteiger partial charge in [-0.1, -0.05) is 41.5 Å². The largest absolute Gasteiger partial charge is 0.285 e. The molecule has 0 aromatic heterocycles. The fourth-order valence-electron chi connectivity index (χ4n) is 2.55. The van der Waals surface area contributed by atoms with Gasteiger partial charge in [0.05, 0.1) is 11.8 Å². The zero-order chi connectivity index (χ0) is 12.9. The maximum atomic E-state index is 12.1. The van der Waals surface area contributed by atoms with Gasteiger partial charge in [0.25, 0.3) is 0 Å². The summed E-state index contributed by atoms with van der Waals surface area (Å²) in [4.78, 5) is 25.5. The Morgan fingerprint density at radius 2 is 1.06 bits per heavy atom. The lowest BCUT2D eigenvalue weighted by Crippen LogP contribution is -2.38. The zero-order valence-corrected chi connectivity index (χ0v) is 11.4. The number of carbonyl (C=O) groups is 2. The van der Waals surface area contributed by atoms with Crippen LogP contribution in [0.5, 0.6) is 0 Å². The van der Waals surface area contributed by atoms with Crippen LogP contribution in [0.3, 0.4) is 0 Å². The third-order valence-electron chi connectivity index (χ3n) is 3.39. The van der Waals surface area contributed by atoms with E-state index in [9.17, 15) is 9.59 Å². The van der Waals surface area contributed by atoms with E-state index >= 15 is 0 Å². The van der Waals surface area contributed by atoms with E-state index in [0.29, 0.717) is 0 Å². The Morgan fingerprint density at radius 3 is 1.25 bits per heavy atom. The summed E-state index contributed by atoms with van der Waals surface area (Å²) in [6.45, 7) is 12.2. The highest BCUT2D eigenvalue weighted by Crippen LogP contribution is 2.46. The predicted octanol–water partition coefficient (Wildman–Crippen LogP) is 2.31. The lowest BCUT2D eigenvalue weighted by atomic mass is 9.65. The molecule has 1 saturated heterocycles. The summed E-state index contributed by atoms with van der Waals surface area (Å²) in [6, 6.07) is 0. The molecule has 0 aromatic carbocycles. The van der Waals surface area contributed by atoms with Gasteiger partial charge < -0.3 is 0 Å². The summed E-state index contributed by atoms with van der Waals surface area (Å²) >= 11 is 0. The van der Waals surface area contributed by atoms with Gasteiger partial charge in [-0.2, -0.15) is 0 Å². The van der Waals surface area contributed by atoms with Gasteiger partial charge in [-0.05, 0) is 10.8 Å². The molecule has 3 nitrogen and oxygen atoms in total. The molecule has 0 radical (unpaired) electrons. The van der Waals surface area contributed by atoms with Crippen molar-refractivity contribution in [3.8, 4) is 0 Å². The van der Waals surface area contributed by atoms with Crippen molar-refractivity contribution in [3.63, 3.8) is 0 Å². The van der Waals surface area contributed by atoms with E-state index < -0.39 is 0 Å². The Hall–Kier alpha value is -0.860. The van der Waals surface area contributed by atoms with Crippen molar-refractivity contribution < 1.29 is 9.59 Å². The topological polar surface area (TPSA) is 37.4 Å². The highest BCUT2D eigenvalue weighted by molar-refractivity contribution is 6.05. The quantitative estimate of drug-likeness (QED) is 0.593. The van der Waals surface area contributed by atoms with E-state index in [1.807, 2.05) is 41.5 Å². The number of hydrogen-bond donors (Lipinski definition) is 0. The van der Waals surface area contributed by atoms with Gasteiger partial charge in [-0.25, -0.2) is 0 Å². The van der Waals surface area contributed by atoms with E-state index in [-0.39, 0.29) is 34.5 Å². The fraction of sp³-hybridized carbons (Fsp3) is 0.846. The molecule has 1 aliphatic rings. The number of hydrogen-bond acceptors (Lipinski definition) is 2. The molecule has 0 aromatic rings. The number of imide groups is 1. The van der Waals surface area contributed by atoms with Crippen LogP contribution < -0.4 is 0 Å². The monoisotopic (exact) mass is 225 g/mol. The molecule has 2 unspecified atom stereocenters. The smallest absolute Gasteiger partial charge is 0.233 e. The van der Waals surface area contributed by atoms with Gasteiger partial charge in [-0.15, -0.1) is 0 Å². The number of nitrogens with zero attached hydrogens (tertiary/aromatic N) is 1. The van der Waals surface area contributed by atoms with Crippen molar-refractivity contribution in [2.75, 3.05) is 7.05 Å². The van der Waals surface area contributed by atoms with Crippen LogP contribution in [0.25, 0.3) is 0 Å². The van der Waals surface area contributed by atoms with Crippen LogP contribution in [-0.4, -0.2) is 23.8 Å². The van der Waals surface area contributed by atoms with E-state index in [0.717, 1.165) is 0 Å². The minimum absolute atomic E-state index is 0.0302. The molecule has 16 heavy (non-hydrogen) atoms. The summed E-state index contributed by atoms with van der Waals surface area (Å²) < 4.78 is 0. The summed E-state index contributed by atoms with van der Waals surface area (Å²) in [7, 11) is 1.59. The van der Waals surface area contributed by atoms with Crippen LogP contribution in [0.1, 0.15) is 41.5 Å². The fourth-order valence-corrected chi connectivity index (χ4v) is 2.55. The molecule has 1 rings (SSSR count). The van der Waals surface area contributed by atoms with E-state index in [4.69, 9.17) is 0 Å². The zero-order valence-electron chi connectivity index (χ0n) is 11.4. The summed E-state index contributed by atoms with van der Waals surface area (Å²) in [5, 5.41) is 0. The van der Waals surface area contributed by atoms with Crippen molar-refractivity contribution >= 4 is 11.8 Å². The van der Waals surface area contributed by atoms with E-state index in [1.165, 1.54) is 4.90 Å². The molecule has 0 aliphatic carbocycles. The normalized spacial score (nSPS) is 27.8. The SMILES string of the molecule is CN1C(=O)C(C(C)(C)C)C(C(C)(C)C)C1=O. The first-order valence-electron chi connectivity index (χ1n) is 5.79. The first-order chi connectivity index (χ1) is 6.98. The van der Waals surface area contributed by atoms with Gasteiger partial charge in [0.2, 0.25) is 11.8 Å². The first kappa shape index (κ1) is 13.2. The van der Waals surface area contributed by atoms with Crippen molar-refractivity contribution in [1.82, 2.24) is 4.90 Å². The van der Waals surface area contributed by atoms with Gasteiger partial charge >= 0.3 is 0 Å². The third kappa shape index (κ3) is 2.00. The number of amides is 2. The molecule has 0 bridgehead atoms. The molecule has 0 saturated carbocycles. The van der Waals surface area contributed by atoms with Crippen LogP contribution >= 0.6 is 0 Å². The van der Waals surface area contributed by atoms with Crippen molar-refractivity contribution in [2.45, 2.75) is 41.5 Å². The number of likely N-dealkylation sites (tertiary alicyclic amines) is 1. The standard InChI is InChI=1S/C13H23NO2/c1-12(2,3)8-9(13(4,5)6)11(16)14(7)10(8)15/h8-9H,1-7H3. The maximum Gasteiger partial charge on any atom is 0.233 e. The van der Waals surface area contributed by atoms with Crippen LogP contribution in [0, 0.1) is 22.7 Å². The Labute approximate surface area is 98.2 Å². The van der Waals surface area contributed by atoms with Crippen LogP contribution in [0.2, 0.25) is 0 Å². The molecule has 3 heteroatoms. The molecule has 1 heterocycles. The minimum atomic E-state index is -0.204. The Morgan fingerprint density at radius 1 is 0.812 bits per heavy atom. The summed E-state index contributed by atoms with van der Waals surface area (Å²) in [5.41, 5.74) is -0.342. The van der Waals surface area contributed by atoms with Crippen LogP contribution in [0.15, 0.2) is 0 Å². The lowest BCUT2D eigenvalue weighted by molar-refractivity contribution is -0.139. The maximum absolute atomic E-state index is 12.1. The van der Waals surface area contributed by atoms with Gasteiger partial charge in [0, 0.05) is 7.05 Å². The molecule has 2 amide bonds. The summed E-state index contributed by atoms with van der Waals surface area (Å²) in [5.74, 6) is -0.468. The van der Waals surface area contributed by atoms with Crippen LogP contribution in [0.4, 0.5) is 0 Å². The Balaban J connectivity index is 3.23.